The van der Waals surface area contributed by atoms with Crippen LogP contribution in [0.1, 0.15) is 41.5 Å². The van der Waals surface area contributed by atoms with Crippen LogP contribution in [0.5, 0.6) is 0 Å². The number of rotatable bonds is 3. The molecule has 2 unspecified atom stereocenters. The maximum absolute atomic E-state index is 3.39. The molecule has 0 aliphatic carbocycles. The Morgan fingerprint density at radius 2 is 1.50 bits per heavy atom. The number of hydrazine groups is 2. The monoisotopic (exact) mass is 199 g/mol. The number of hydrogen-bond donors (Lipinski definition) is 2. The molecule has 2 atom stereocenters. The minimum atomic E-state index is 0.540. The lowest BCUT2D eigenvalue weighted by Gasteiger charge is -2.33. The highest BCUT2D eigenvalue weighted by molar-refractivity contribution is 4.91. The Labute approximate surface area is 88.2 Å². The Morgan fingerprint density at radius 1 is 0.929 bits per heavy atom. The van der Waals surface area contributed by atoms with Crippen molar-refractivity contribution in [3.05, 3.63) is 0 Å². The van der Waals surface area contributed by atoms with Gasteiger partial charge in [-0.25, -0.2) is 10.4 Å². The molecule has 1 aliphatic rings. The van der Waals surface area contributed by atoms with Crippen LogP contribution in [0.3, 0.4) is 0 Å². The molecule has 1 saturated heterocycles. The van der Waals surface area contributed by atoms with E-state index in [0.29, 0.717) is 30.0 Å². The van der Waals surface area contributed by atoms with E-state index in [0.717, 1.165) is 0 Å². The molecule has 2 N–H and O–H groups in total. The smallest absolute Gasteiger partial charge is 0.0452 e. The van der Waals surface area contributed by atoms with E-state index < -0.39 is 0 Å². The Hall–Kier alpha value is -0.120. The standard InChI is InChI=1S/C11H25N3/c1-7(2)10-11(8(3)4)14(9(5)6)13-12-10/h7-13H,1-6H3. The molecule has 3 heteroatoms. The molecular weight excluding hydrogens is 174 g/mol. The highest BCUT2D eigenvalue weighted by Gasteiger charge is 2.38. The molecule has 0 aromatic heterocycles. The van der Waals surface area contributed by atoms with Crippen molar-refractivity contribution in [3.63, 3.8) is 0 Å². The predicted octanol–water partition coefficient (Wildman–Crippen LogP) is 1.77. The molecule has 84 valence electrons. The Balaban J connectivity index is 2.74. The van der Waals surface area contributed by atoms with Gasteiger partial charge in [0.15, 0.2) is 0 Å². The van der Waals surface area contributed by atoms with Gasteiger partial charge in [-0.15, -0.1) is 0 Å². The first-order chi connectivity index (χ1) is 6.45. The summed E-state index contributed by atoms with van der Waals surface area (Å²) in [5.41, 5.74) is 6.70. The molecule has 0 spiro atoms. The van der Waals surface area contributed by atoms with Gasteiger partial charge >= 0.3 is 0 Å². The number of nitrogens with zero attached hydrogens (tertiary/aromatic N) is 1. The van der Waals surface area contributed by atoms with Crippen molar-refractivity contribution in [1.82, 2.24) is 16.0 Å². The fourth-order valence-electron chi connectivity index (χ4n) is 2.25. The molecule has 0 aromatic rings. The van der Waals surface area contributed by atoms with Gasteiger partial charge in [0.05, 0.1) is 0 Å². The zero-order valence-corrected chi connectivity index (χ0v) is 10.3. The lowest BCUT2D eigenvalue weighted by Crippen LogP contribution is -2.47. The molecule has 1 rings (SSSR count). The minimum Gasteiger partial charge on any atom is -0.239 e. The summed E-state index contributed by atoms with van der Waals surface area (Å²) in [6.45, 7) is 13.6. The van der Waals surface area contributed by atoms with Crippen LogP contribution >= 0.6 is 0 Å². The maximum atomic E-state index is 3.39. The van der Waals surface area contributed by atoms with E-state index in [9.17, 15) is 0 Å². The van der Waals surface area contributed by atoms with Crippen molar-refractivity contribution in [2.24, 2.45) is 11.8 Å². The van der Waals surface area contributed by atoms with Crippen molar-refractivity contribution < 1.29 is 0 Å². The van der Waals surface area contributed by atoms with Gasteiger partial charge in [0.25, 0.3) is 0 Å². The fraction of sp³-hybridized carbons (Fsp3) is 1.00. The summed E-state index contributed by atoms with van der Waals surface area (Å²) in [6.07, 6.45) is 0. The third-order valence-electron chi connectivity index (χ3n) is 3.01. The summed E-state index contributed by atoms with van der Waals surface area (Å²) in [6, 6.07) is 1.69. The van der Waals surface area contributed by atoms with Gasteiger partial charge in [-0.1, -0.05) is 27.7 Å². The summed E-state index contributed by atoms with van der Waals surface area (Å²) in [7, 11) is 0. The summed E-state index contributed by atoms with van der Waals surface area (Å²) >= 11 is 0. The zero-order chi connectivity index (χ0) is 10.9. The first-order valence-electron chi connectivity index (χ1n) is 5.74. The highest BCUT2D eigenvalue weighted by Crippen LogP contribution is 2.23. The van der Waals surface area contributed by atoms with Gasteiger partial charge in [-0.2, -0.15) is 5.53 Å². The topological polar surface area (TPSA) is 27.3 Å². The summed E-state index contributed by atoms with van der Waals surface area (Å²) in [5, 5.41) is 2.34. The highest BCUT2D eigenvalue weighted by atomic mass is 15.7. The maximum Gasteiger partial charge on any atom is 0.0452 e. The lowest BCUT2D eigenvalue weighted by atomic mass is 9.89. The third-order valence-corrected chi connectivity index (χ3v) is 3.01. The quantitative estimate of drug-likeness (QED) is 0.725. The predicted molar refractivity (Wildman–Crippen MR) is 60.5 cm³/mol. The van der Waals surface area contributed by atoms with Gasteiger partial charge in [0.1, 0.15) is 0 Å². The van der Waals surface area contributed by atoms with Crippen LogP contribution in [0.2, 0.25) is 0 Å². The number of nitrogens with one attached hydrogen (secondary N) is 2. The average molecular weight is 199 g/mol. The largest absolute Gasteiger partial charge is 0.239 e. The van der Waals surface area contributed by atoms with E-state index >= 15 is 0 Å². The van der Waals surface area contributed by atoms with Crippen molar-refractivity contribution in [1.29, 1.82) is 0 Å². The number of hydrogen-bond acceptors (Lipinski definition) is 3. The second kappa shape index (κ2) is 4.60. The van der Waals surface area contributed by atoms with Crippen LogP contribution in [0.25, 0.3) is 0 Å². The van der Waals surface area contributed by atoms with Gasteiger partial charge < -0.3 is 0 Å². The molecule has 3 nitrogen and oxygen atoms in total. The summed E-state index contributed by atoms with van der Waals surface area (Å²) in [4.78, 5) is 0. The van der Waals surface area contributed by atoms with Crippen molar-refractivity contribution >= 4 is 0 Å². The average Bonchev–Trinajstić information content (AvgIpc) is 2.46. The van der Waals surface area contributed by atoms with Gasteiger partial charge in [-0.05, 0) is 25.7 Å². The molecule has 1 aliphatic heterocycles. The Bertz CT molecular complexity index is 161. The summed E-state index contributed by atoms with van der Waals surface area (Å²) in [5.74, 6) is 1.34. The van der Waals surface area contributed by atoms with Crippen LogP contribution in [-0.4, -0.2) is 23.1 Å². The minimum absolute atomic E-state index is 0.540. The van der Waals surface area contributed by atoms with Crippen LogP contribution in [0.4, 0.5) is 0 Å². The van der Waals surface area contributed by atoms with E-state index in [1.54, 1.807) is 0 Å². The van der Waals surface area contributed by atoms with Gasteiger partial charge in [0, 0.05) is 18.1 Å². The lowest BCUT2D eigenvalue weighted by molar-refractivity contribution is 0.0988. The van der Waals surface area contributed by atoms with Crippen LogP contribution in [0.15, 0.2) is 0 Å². The SMILES string of the molecule is CC(C)C1NNN(C(C)C)C1C(C)C. The van der Waals surface area contributed by atoms with Crippen LogP contribution in [-0.2, 0) is 0 Å². The zero-order valence-electron chi connectivity index (χ0n) is 10.3. The van der Waals surface area contributed by atoms with E-state index in [4.69, 9.17) is 0 Å². The molecule has 0 saturated carbocycles. The first-order valence-corrected chi connectivity index (χ1v) is 5.74. The second-order valence-electron chi connectivity index (χ2n) is 5.26. The fourth-order valence-corrected chi connectivity index (χ4v) is 2.25. The van der Waals surface area contributed by atoms with E-state index in [1.165, 1.54) is 0 Å². The van der Waals surface area contributed by atoms with Crippen LogP contribution < -0.4 is 11.0 Å². The van der Waals surface area contributed by atoms with Gasteiger partial charge in [-0.3, -0.25) is 0 Å². The van der Waals surface area contributed by atoms with Crippen molar-refractivity contribution in [2.45, 2.75) is 59.7 Å². The van der Waals surface area contributed by atoms with Gasteiger partial charge in [0.2, 0.25) is 0 Å². The second-order valence-corrected chi connectivity index (χ2v) is 5.26. The molecular formula is C11H25N3. The molecule has 0 aromatic carbocycles. The Kier molecular flexibility index (Phi) is 3.93. The third kappa shape index (κ3) is 2.27. The van der Waals surface area contributed by atoms with Crippen LogP contribution in [0, 0.1) is 11.8 Å². The summed E-state index contributed by atoms with van der Waals surface area (Å²) < 4.78 is 0. The molecule has 14 heavy (non-hydrogen) atoms. The molecule has 1 fully saturated rings. The van der Waals surface area contributed by atoms with E-state index in [2.05, 4.69) is 57.5 Å². The molecule has 1 heterocycles. The Morgan fingerprint density at radius 3 is 1.86 bits per heavy atom. The van der Waals surface area contributed by atoms with E-state index in [1.807, 2.05) is 0 Å². The van der Waals surface area contributed by atoms with Crippen molar-refractivity contribution in [3.8, 4) is 0 Å². The molecule has 0 amide bonds. The van der Waals surface area contributed by atoms with Crippen molar-refractivity contribution in [2.75, 3.05) is 0 Å². The first kappa shape index (κ1) is 12.0. The normalized spacial score (nSPS) is 29.8. The molecule has 0 bridgehead atoms. The van der Waals surface area contributed by atoms with E-state index in [-0.39, 0.29) is 0 Å². The molecule has 0 radical (unpaired) electrons.